The van der Waals surface area contributed by atoms with Crippen LogP contribution in [-0.2, 0) is 10.0 Å². The Labute approximate surface area is 129 Å². The second kappa shape index (κ2) is 6.62. The predicted octanol–water partition coefficient (Wildman–Crippen LogP) is 3.39. The van der Waals surface area contributed by atoms with E-state index < -0.39 is 28.6 Å². The molecular formula is C12H14BrF4NO2S. The quantitative estimate of drug-likeness (QED) is 0.569. The van der Waals surface area contributed by atoms with E-state index in [-0.39, 0.29) is 27.9 Å². The Morgan fingerprint density at radius 2 is 1.67 bits per heavy atom. The SMILES string of the molecule is Cc1cc(F)cc(C)c1S(=O)(=O)N(CCBr)CC(F)(F)F. The van der Waals surface area contributed by atoms with Crippen molar-refractivity contribution in [3.05, 3.63) is 29.1 Å². The van der Waals surface area contributed by atoms with Crippen molar-refractivity contribution in [1.29, 1.82) is 0 Å². The van der Waals surface area contributed by atoms with Crippen molar-refractivity contribution in [2.75, 3.05) is 18.4 Å². The summed E-state index contributed by atoms with van der Waals surface area (Å²) in [5.74, 6) is -0.633. The lowest BCUT2D eigenvalue weighted by atomic mass is 10.1. The minimum absolute atomic E-state index is 0.0571. The summed E-state index contributed by atoms with van der Waals surface area (Å²) >= 11 is 2.94. The summed E-state index contributed by atoms with van der Waals surface area (Å²) in [7, 11) is -4.36. The molecule has 0 aromatic heterocycles. The van der Waals surface area contributed by atoms with Gasteiger partial charge < -0.3 is 0 Å². The minimum Gasteiger partial charge on any atom is -0.207 e. The fourth-order valence-electron chi connectivity index (χ4n) is 2.01. The predicted molar refractivity (Wildman–Crippen MR) is 74.5 cm³/mol. The van der Waals surface area contributed by atoms with E-state index in [9.17, 15) is 26.0 Å². The summed E-state index contributed by atoms with van der Waals surface area (Å²) in [5, 5.41) is 0.0571. The number of hydrogen-bond donors (Lipinski definition) is 0. The van der Waals surface area contributed by atoms with Gasteiger partial charge in [-0.05, 0) is 37.1 Å². The number of nitrogens with zero attached hydrogens (tertiary/aromatic N) is 1. The average Bonchev–Trinajstić information content (AvgIpc) is 2.24. The monoisotopic (exact) mass is 391 g/mol. The number of alkyl halides is 4. The van der Waals surface area contributed by atoms with E-state index in [1.807, 2.05) is 0 Å². The van der Waals surface area contributed by atoms with Gasteiger partial charge in [0, 0.05) is 11.9 Å². The standard InChI is InChI=1S/C12H14BrF4NO2S/c1-8-5-10(14)6-9(2)11(8)21(19,20)18(4-3-13)7-12(15,16)17/h5-6H,3-4,7H2,1-2H3. The van der Waals surface area contributed by atoms with E-state index in [0.29, 0.717) is 4.31 Å². The van der Waals surface area contributed by atoms with Crippen LogP contribution in [0.2, 0.25) is 0 Å². The van der Waals surface area contributed by atoms with Gasteiger partial charge >= 0.3 is 6.18 Å². The highest BCUT2D eigenvalue weighted by atomic mass is 79.9. The van der Waals surface area contributed by atoms with Crippen molar-refractivity contribution in [3.63, 3.8) is 0 Å². The fraction of sp³-hybridized carbons (Fsp3) is 0.500. The Bertz CT molecular complexity index is 593. The zero-order chi connectivity index (χ0) is 16.4. The second-order valence-corrected chi connectivity index (χ2v) is 7.18. The highest BCUT2D eigenvalue weighted by Crippen LogP contribution is 2.27. The Hall–Kier alpha value is -0.670. The average molecular weight is 392 g/mol. The highest BCUT2D eigenvalue weighted by Gasteiger charge is 2.37. The lowest BCUT2D eigenvalue weighted by molar-refractivity contribution is -0.135. The van der Waals surface area contributed by atoms with E-state index in [1.54, 1.807) is 0 Å². The zero-order valence-corrected chi connectivity index (χ0v) is 13.7. The van der Waals surface area contributed by atoms with Gasteiger partial charge in [-0.3, -0.25) is 0 Å². The molecule has 9 heteroatoms. The molecule has 0 spiro atoms. The number of aryl methyl sites for hydroxylation is 2. The molecule has 0 saturated carbocycles. The van der Waals surface area contributed by atoms with E-state index in [4.69, 9.17) is 0 Å². The smallest absolute Gasteiger partial charge is 0.207 e. The van der Waals surface area contributed by atoms with Crippen molar-refractivity contribution >= 4 is 26.0 Å². The summed E-state index contributed by atoms with van der Waals surface area (Å²) in [6.07, 6.45) is -4.66. The molecule has 0 heterocycles. The van der Waals surface area contributed by atoms with Crippen molar-refractivity contribution in [2.24, 2.45) is 0 Å². The first-order chi connectivity index (χ1) is 9.49. The molecule has 1 aromatic rings. The molecule has 3 nitrogen and oxygen atoms in total. The number of halogens is 5. The van der Waals surface area contributed by atoms with Gasteiger partial charge in [-0.15, -0.1) is 0 Å². The van der Waals surface area contributed by atoms with Gasteiger partial charge in [0.1, 0.15) is 12.4 Å². The van der Waals surface area contributed by atoms with Crippen LogP contribution >= 0.6 is 15.9 Å². The molecule has 0 unspecified atom stereocenters. The van der Waals surface area contributed by atoms with E-state index in [1.165, 1.54) is 13.8 Å². The van der Waals surface area contributed by atoms with E-state index >= 15 is 0 Å². The summed E-state index contributed by atoms with van der Waals surface area (Å²) in [6, 6.07) is 1.97. The van der Waals surface area contributed by atoms with Gasteiger partial charge in [0.15, 0.2) is 0 Å². The third kappa shape index (κ3) is 4.65. The summed E-state index contributed by atoms with van der Waals surface area (Å²) in [4.78, 5) is -0.283. The number of sulfonamides is 1. The molecular weight excluding hydrogens is 378 g/mol. The normalized spacial score (nSPS) is 13.0. The molecule has 0 bridgehead atoms. The largest absolute Gasteiger partial charge is 0.402 e. The molecule has 0 aliphatic carbocycles. The van der Waals surface area contributed by atoms with Gasteiger partial charge in [0.05, 0.1) is 4.90 Å². The summed E-state index contributed by atoms with van der Waals surface area (Å²) in [6.45, 7) is 0.779. The molecule has 1 aromatic carbocycles. The first-order valence-corrected chi connectivity index (χ1v) is 8.45. The lowest BCUT2D eigenvalue weighted by Gasteiger charge is -2.24. The van der Waals surface area contributed by atoms with Crippen LogP contribution in [0.1, 0.15) is 11.1 Å². The van der Waals surface area contributed by atoms with Gasteiger partial charge in [0.2, 0.25) is 10.0 Å². The van der Waals surface area contributed by atoms with Crippen LogP contribution < -0.4 is 0 Å². The Morgan fingerprint density at radius 3 is 2.05 bits per heavy atom. The van der Waals surface area contributed by atoms with Crippen molar-refractivity contribution in [2.45, 2.75) is 24.9 Å². The van der Waals surface area contributed by atoms with Crippen LogP contribution in [0.25, 0.3) is 0 Å². The van der Waals surface area contributed by atoms with Crippen molar-refractivity contribution in [3.8, 4) is 0 Å². The molecule has 0 fully saturated rings. The third-order valence-electron chi connectivity index (χ3n) is 2.71. The van der Waals surface area contributed by atoms with Gasteiger partial charge in [-0.25, -0.2) is 12.8 Å². The molecule has 0 aliphatic heterocycles. The number of hydrogen-bond acceptors (Lipinski definition) is 2. The fourth-order valence-corrected chi connectivity index (χ4v) is 4.51. The molecule has 0 amide bonds. The highest BCUT2D eigenvalue weighted by molar-refractivity contribution is 9.09. The van der Waals surface area contributed by atoms with Crippen LogP contribution in [0.5, 0.6) is 0 Å². The maximum atomic E-state index is 13.2. The number of rotatable bonds is 5. The van der Waals surface area contributed by atoms with Crippen molar-refractivity contribution in [1.82, 2.24) is 4.31 Å². The van der Waals surface area contributed by atoms with Crippen LogP contribution in [0, 0.1) is 19.7 Å². The topological polar surface area (TPSA) is 37.4 Å². The Morgan fingerprint density at radius 1 is 1.19 bits per heavy atom. The van der Waals surface area contributed by atoms with Crippen LogP contribution in [0.4, 0.5) is 17.6 Å². The molecule has 0 radical (unpaired) electrons. The second-order valence-electron chi connectivity index (χ2n) is 4.51. The first kappa shape index (κ1) is 18.4. The van der Waals surface area contributed by atoms with Gasteiger partial charge in [-0.2, -0.15) is 17.5 Å². The molecule has 120 valence electrons. The molecule has 0 saturated heterocycles. The molecule has 0 atom stereocenters. The number of benzene rings is 1. The molecule has 0 N–H and O–H groups in total. The van der Waals surface area contributed by atoms with Crippen LogP contribution in [-0.4, -0.2) is 37.3 Å². The maximum Gasteiger partial charge on any atom is 0.402 e. The summed E-state index contributed by atoms with van der Waals surface area (Å²) in [5.41, 5.74) is 0.156. The molecule has 0 aliphatic rings. The van der Waals surface area contributed by atoms with E-state index in [2.05, 4.69) is 15.9 Å². The van der Waals surface area contributed by atoms with Crippen molar-refractivity contribution < 1.29 is 26.0 Å². The zero-order valence-electron chi connectivity index (χ0n) is 11.3. The van der Waals surface area contributed by atoms with Crippen LogP contribution in [0.15, 0.2) is 17.0 Å². The first-order valence-electron chi connectivity index (χ1n) is 5.88. The maximum absolute atomic E-state index is 13.2. The molecule has 1 rings (SSSR count). The minimum atomic E-state index is -4.66. The van der Waals surface area contributed by atoms with Crippen LogP contribution in [0.3, 0.4) is 0 Å². The third-order valence-corrected chi connectivity index (χ3v) is 5.22. The Balaban J connectivity index is 3.36. The molecule has 21 heavy (non-hydrogen) atoms. The lowest BCUT2D eigenvalue weighted by Crippen LogP contribution is -2.40. The summed E-state index contributed by atoms with van der Waals surface area (Å²) < 4.78 is 76.1. The Kier molecular flexibility index (Phi) is 5.79. The van der Waals surface area contributed by atoms with Gasteiger partial charge in [-0.1, -0.05) is 15.9 Å². The van der Waals surface area contributed by atoms with E-state index in [0.717, 1.165) is 12.1 Å². The van der Waals surface area contributed by atoms with Gasteiger partial charge in [0.25, 0.3) is 0 Å².